The van der Waals surface area contributed by atoms with Crippen LogP contribution in [0.4, 0.5) is 4.39 Å². The highest BCUT2D eigenvalue weighted by Crippen LogP contribution is 2.30. The molecule has 0 aromatic heterocycles. The number of rotatable bonds is 6. The van der Waals surface area contributed by atoms with Crippen LogP contribution in [0.3, 0.4) is 0 Å². The second-order valence-corrected chi connectivity index (χ2v) is 6.60. The van der Waals surface area contributed by atoms with Gasteiger partial charge in [0.2, 0.25) is 0 Å². The first-order valence-electron chi connectivity index (χ1n) is 8.81. The van der Waals surface area contributed by atoms with E-state index < -0.39 is 0 Å². The van der Waals surface area contributed by atoms with Crippen molar-refractivity contribution in [3.8, 4) is 11.5 Å². The van der Waals surface area contributed by atoms with Gasteiger partial charge < -0.3 is 19.3 Å². The molecule has 1 saturated heterocycles. The van der Waals surface area contributed by atoms with Gasteiger partial charge in [0.1, 0.15) is 45.1 Å². The van der Waals surface area contributed by atoms with Crippen molar-refractivity contribution in [3.63, 3.8) is 0 Å². The lowest BCUT2D eigenvalue weighted by molar-refractivity contribution is -1.02. The molecular formula is C20H27FN2O2+2. The molecule has 0 amide bonds. The Bertz CT molecular complexity index is 700. The largest absolute Gasteiger partial charge is 0.493 e. The van der Waals surface area contributed by atoms with Crippen LogP contribution in [-0.4, -0.2) is 40.4 Å². The lowest BCUT2D eigenvalue weighted by Crippen LogP contribution is -3.27. The van der Waals surface area contributed by atoms with Crippen LogP contribution in [-0.2, 0) is 13.1 Å². The lowest BCUT2D eigenvalue weighted by Gasteiger charge is -2.30. The molecule has 2 aromatic carbocycles. The number of piperazine rings is 1. The standard InChI is InChI=1S/C20H25FN2O2/c1-24-19-9-5-7-17(20(19)25-2)15-23-12-10-22(11-13-23)14-16-6-3-4-8-18(16)21/h3-9H,10-15H2,1-2H3/p+2. The number of methoxy groups -OCH3 is 2. The fourth-order valence-corrected chi connectivity index (χ4v) is 3.58. The van der Waals surface area contributed by atoms with Crippen LogP contribution in [0.5, 0.6) is 11.5 Å². The van der Waals surface area contributed by atoms with Crippen LogP contribution in [0.15, 0.2) is 42.5 Å². The molecule has 2 N–H and O–H groups in total. The second kappa shape index (κ2) is 8.32. The van der Waals surface area contributed by atoms with Gasteiger partial charge in [-0.1, -0.05) is 24.3 Å². The SMILES string of the molecule is COc1cccc(C[NH+]2CC[NH+](Cc3ccccc3F)CC2)c1OC. The van der Waals surface area contributed by atoms with Crippen LogP contribution < -0.4 is 19.3 Å². The Labute approximate surface area is 148 Å². The fraction of sp³-hybridized carbons (Fsp3) is 0.400. The Hall–Kier alpha value is -2.11. The number of ether oxygens (including phenoxy) is 2. The summed E-state index contributed by atoms with van der Waals surface area (Å²) in [4.78, 5) is 2.98. The molecule has 3 rings (SSSR count). The van der Waals surface area contributed by atoms with E-state index in [4.69, 9.17) is 9.47 Å². The molecule has 5 heteroatoms. The Morgan fingerprint density at radius 2 is 1.40 bits per heavy atom. The first kappa shape index (κ1) is 17.7. The summed E-state index contributed by atoms with van der Waals surface area (Å²) in [6.07, 6.45) is 0. The van der Waals surface area contributed by atoms with E-state index in [1.54, 1.807) is 26.4 Å². The fourth-order valence-electron chi connectivity index (χ4n) is 3.58. The predicted molar refractivity (Wildman–Crippen MR) is 94.7 cm³/mol. The summed E-state index contributed by atoms with van der Waals surface area (Å²) < 4.78 is 24.7. The number of para-hydroxylation sites is 1. The van der Waals surface area contributed by atoms with E-state index in [9.17, 15) is 4.39 Å². The number of quaternary nitrogens is 2. The summed E-state index contributed by atoms with van der Waals surface area (Å²) in [5, 5.41) is 0. The minimum absolute atomic E-state index is 0.0918. The van der Waals surface area contributed by atoms with Gasteiger partial charge in [-0.3, -0.25) is 0 Å². The van der Waals surface area contributed by atoms with Gasteiger partial charge in [0.05, 0.1) is 19.8 Å². The highest BCUT2D eigenvalue weighted by Gasteiger charge is 2.25. The first-order valence-corrected chi connectivity index (χ1v) is 8.81. The number of halogens is 1. The van der Waals surface area contributed by atoms with E-state index in [0.717, 1.165) is 56.3 Å². The van der Waals surface area contributed by atoms with Gasteiger partial charge >= 0.3 is 0 Å². The average molecular weight is 346 g/mol. The van der Waals surface area contributed by atoms with E-state index >= 15 is 0 Å². The summed E-state index contributed by atoms with van der Waals surface area (Å²) in [7, 11) is 3.35. The molecule has 0 spiro atoms. The molecule has 1 heterocycles. The second-order valence-electron chi connectivity index (χ2n) is 6.60. The monoisotopic (exact) mass is 346 g/mol. The van der Waals surface area contributed by atoms with Crippen molar-refractivity contribution in [3.05, 3.63) is 59.4 Å². The van der Waals surface area contributed by atoms with Gasteiger partial charge in [-0.05, 0) is 18.2 Å². The van der Waals surface area contributed by atoms with Crippen LogP contribution in [0.2, 0.25) is 0 Å². The summed E-state index contributed by atoms with van der Waals surface area (Å²) in [5.41, 5.74) is 1.99. The normalized spacial score (nSPS) is 20.3. The molecule has 134 valence electrons. The molecule has 0 unspecified atom stereocenters. The lowest BCUT2D eigenvalue weighted by atomic mass is 10.1. The van der Waals surface area contributed by atoms with Gasteiger partial charge in [-0.25, -0.2) is 4.39 Å². The summed E-state index contributed by atoms with van der Waals surface area (Å²) in [6, 6.07) is 13.1. The zero-order valence-electron chi connectivity index (χ0n) is 15.0. The Morgan fingerprint density at radius 1 is 0.800 bits per heavy atom. The van der Waals surface area contributed by atoms with E-state index in [-0.39, 0.29) is 5.82 Å². The van der Waals surface area contributed by atoms with Crippen molar-refractivity contribution in [2.75, 3.05) is 40.4 Å². The number of hydrogen-bond donors (Lipinski definition) is 2. The minimum Gasteiger partial charge on any atom is -0.493 e. The molecule has 0 radical (unpaired) electrons. The molecule has 4 nitrogen and oxygen atoms in total. The highest BCUT2D eigenvalue weighted by atomic mass is 19.1. The van der Waals surface area contributed by atoms with Crippen LogP contribution in [0.25, 0.3) is 0 Å². The maximum absolute atomic E-state index is 13.8. The average Bonchev–Trinajstić information content (AvgIpc) is 2.65. The van der Waals surface area contributed by atoms with Crippen molar-refractivity contribution in [2.24, 2.45) is 0 Å². The number of hydrogen-bond acceptors (Lipinski definition) is 2. The van der Waals surface area contributed by atoms with Crippen molar-refractivity contribution in [1.82, 2.24) is 0 Å². The molecular weight excluding hydrogens is 319 g/mol. The van der Waals surface area contributed by atoms with E-state index in [1.807, 2.05) is 24.3 Å². The van der Waals surface area contributed by atoms with Crippen molar-refractivity contribution in [1.29, 1.82) is 0 Å². The third-order valence-corrected chi connectivity index (χ3v) is 4.99. The van der Waals surface area contributed by atoms with Gasteiger partial charge in [0, 0.05) is 5.56 Å². The highest BCUT2D eigenvalue weighted by molar-refractivity contribution is 5.46. The topological polar surface area (TPSA) is 27.3 Å². The number of nitrogens with one attached hydrogen (secondary N) is 2. The third kappa shape index (κ3) is 4.30. The summed E-state index contributed by atoms with van der Waals surface area (Å²) >= 11 is 0. The quantitative estimate of drug-likeness (QED) is 0.789. The van der Waals surface area contributed by atoms with E-state index in [0.29, 0.717) is 0 Å². The predicted octanol–water partition coefficient (Wildman–Crippen LogP) is 0.327. The molecule has 2 aromatic rings. The molecule has 0 saturated carbocycles. The van der Waals surface area contributed by atoms with Crippen LogP contribution >= 0.6 is 0 Å². The number of benzene rings is 2. The third-order valence-electron chi connectivity index (χ3n) is 4.99. The van der Waals surface area contributed by atoms with E-state index in [1.165, 1.54) is 15.4 Å². The Morgan fingerprint density at radius 3 is 2.00 bits per heavy atom. The van der Waals surface area contributed by atoms with Gasteiger partial charge in [0.15, 0.2) is 11.5 Å². The van der Waals surface area contributed by atoms with Crippen molar-refractivity contribution in [2.45, 2.75) is 13.1 Å². The first-order chi connectivity index (χ1) is 12.2. The molecule has 0 atom stereocenters. The van der Waals surface area contributed by atoms with Gasteiger partial charge in [-0.15, -0.1) is 0 Å². The van der Waals surface area contributed by atoms with Crippen molar-refractivity contribution >= 4 is 0 Å². The maximum Gasteiger partial charge on any atom is 0.169 e. The molecule has 1 aliphatic heterocycles. The Kier molecular flexibility index (Phi) is 5.89. The van der Waals surface area contributed by atoms with Crippen molar-refractivity contribution < 1.29 is 23.7 Å². The zero-order valence-corrected chi connectivity index (χ0v) is 15.0. The van der Waals surface area contributed by atoms with E-state index in [2.05, 4.69) is 6.07 Å². The van der Waals surface area contributed by atoms with Crippen LogP contribution in [0, 0.1) is 5.82 Å². The minimum atomic E-state index is -0.0918. The maximum atomic E-state index is 13.8. The Balaban J connectivity index is 1.57. The molecule has 1 fully saturated rings. The summed E-state index contributed by atoms with van der Waals surface area (Å²) in [6.45, 7) is 5.94. The molecule has 0 bridgehead atoms. The molecule has 1 aliphatic rings. The smallest absolute Gasteiger partial charge is 0.169 e. The van der Waals surface area contributed by atoms with Crippen LogP contribution in [0.1, 0.15) is 11.1 Å². The summed E-state index contributed by atoms with van der Waals surface area (Å²) in [5.74, 6) is 1.52. The van der Waals surface area contributed by atoms with Gasteiger partial charge in [0.25, 0.3) is 0 Å². The van der Waals surface area contributed by atoms with Gasteiger partial charge in [-0.2, -0.15) is 0 Å². The molecule has 25 heavy (non-hydrogen) atoms. The zero-order chi connectivity index (χ0) is 17.6. The molecule has 0 aliphatic carbocycles.